The Balaban J connectivity index is 1.77. The van der Waals surface area contributed by atoms with Crippen LogP contribution in [0.4, 0.5) is 10.1 Å². The van der Waals surface area contributed by atoms with E-state index in [1.807, 2.05) is 0 Å². The fraction of sp³-hybridized carbons (Fsp3) is 0.500. The van der Waals surface area contributed by atoms with E-state index in [-0.39, 0.29) is 29.7 Å². The summed E-state index contributed by atoms with van der Waals surface area (Å²) in [4.78, 5) is 51.5. The Kier molecular flexibility index (Phi) is 6.26. The number of amides is 4. The number of hydrogen-bond acceptors (Lipinski definition) is 6. The predicted octanol–water partition coefficient (Wildman–Crippen LogP) is 1.18. The zero-order valence-electron chi connectivity index (χ0n) is 16.4. The summed E-state index contributed by atoms with van der Waals surface area (Å²) in [6, 6.07) is 1.37. The highest BCUT2D eigenvalue weighted by Gasteiger charge is 2.45. The molecule has 2 heterocycles. The smallest absolute Gasteiger partial charge is 0.262 e. The highest BCUT2D eigenvalue weighted by atomic mass is 19.1. The minimum Gasteiger partial charge on any atom is -0.372 e. The lowest BCUT2D eigenvalue weighted by Crippen LogP contribution is -2.54. The third-order valence-corrected chi connectivity index (χ3v) is 5.37. The molecular formula is C20H25FN4O4. The molecule has 9 heteroatoms. The standard InChI is InChI=1S/C20H25FN4O4/c1-24(9-5-3-2-4-8-22)16-11-13-12(10-14(16)21)19(28)25(20(13)29)15-6-7-17(26)23-18(15)27/h10-11,15H,2-9,22H2,1H3,(H,23,26,27). The zero-order valence-corrected chi connectivity index (χ0v) is 16.4. The Morgan fingerprint density at radius 1 is 1.10 bits per heavy atom. The molecule has 1 unspecified atom stereocenters. The SMILES string of the molecule is CN(CCCCCCN)c1cc2c(cc1F)C(=O)N(C1CCC(=O)NC1=O)C2=O. The van der Waals surface area contributed by atoms with Crippen molar-refractivity contribution in [3.63, 3.8) is 0 Å². The summed E-state index contributed by atoms with van der Waals surface area (Å²) in [5.74, 6) is -3.08. The van der Waals surface area contributed by atoms with Gasteiger partial charge in [0.25, 0.3) is 11.8 Å². The van der Waals surface area contributed by atoms with E-state index in [1.165, 1.54) is 6.07 Å². The van der Waals surface area contributed by atoms with E-state index in [0.717, 1.165) is 36.6 Å². The van der Waals surface area contributed by atoms with E-state index < -0.39 is 35.5 Å². The Bertz CT molecular complexity index is 857. The molecule has 3 rings (SSSR count). The summed E-state index contributed by atoms with van der Waals surface area (Å²) in [6.07, 6.45) is 3.87. The molecule has 3 N–H and O–H groups in total. The van der Waals surface area contributed by atoms with E-state index in [4.69, 9.17) is 5.73 Å². The molecule has 4 amide bonds. The number of nitrogens with one attached hydrogen (secondary N) is 1. The minimum atomic E-state index is -1.06. The van der Waals surface area contributed by atoms with Gasteiger partial charge >= 0.3 is 0 Å². The van der Waals surface area contributed by atoms with Crippen molar-refractivity contribution in [1.82, 2.24) is 10.2 Å². The number of carbonyl (C=O) groups excluding carboxylic acids is 4. The number of carbonyl (C=O) groups is 4. The topological polar surface area (TPSA) is 113 Å². The maximum atomic E-state index is 14.7. The molecule has 0 radical (unpaired) electrons. The van der Waals surface area contributed by atoms with Crippen LogP contribution in [0.3, 0.4) is 0 Å². The number of imide groups is 2. The fourth-order valence-corrected chi connectivity index (χ4v) is 3.74. The van der Waals surface area contributed by atoms with Gasteiger partial charge in [-0.15, -0.1) is 0 Å². The number of halogens is 1. The first-order valence-corrected chi connectivity index (χ1v) is 9.81. The molecule has 0 aliphatic carbocycles. The molecule has 0 spiro atoms. The van der Waals surface area contributed by atoms with Gasteiger partial charge in [-0.3, -0.25) is 29.4 Å². The van der Waals surface area contributed by atoms with Crippen LogP contribution >= 0.6 is 0 Å². The van der Waals surface area contributed by atoms with Crippen LogP contribution in [-0.2, 0) is 9.59 Å². The molecule has 1 saturated heterocycles. The van der Waals surface area contributed by atoms with Crippen LogP contribution in [0.15, 0.2) is 12.1 Å². The summed E-state index contributed by atoms with van der Waals surface area (Å²) < 4.78 is 14.7. The van der Waals surface area contributed by atoms with Gasteiger partial charge in [-0.25, -0.2) is 4.39 Å². The Morgan fingerprint density at radius 3 is 2.41 bits per heavy atom. The highest BCUT2D eigenvalue weighted by Crippen LogP contribution is 2.32. The largest absolute Gasteiger partial charge is 0.372 e. The maximum absolute atomic E-state index is 14.7. The number of piperidine rings is 1. The summed E-state index contributed by atoms with van der Waals surface area (Å²) in [5, 5.41) is 2.14. The van der Waals surface area contributed by atoms with Crippen LogP contribution in [0.25, 0.3) is 0 Å². The van der Waals surface area contributed by atoms with E-state index in [2.05, 4.69) is 5.32 Å². The molecule has 0 aromatic heterocycles. The van der Waals surface area contributed by atoms with Gasteiger partial charge in [0.1, 0.15) is 11.9 Å². The Hall–Kier alpha value is -2.81. The van der Waals surface area contributed by atoms with Gasteiger partial charge in [0, 0.05) is 20.0 Å². The predicted molar refractivity (Wildman–Crippen MR) is 104 cm³/mol. The molecule has 0 bridgehead atoms. The van der Waals surface area contributed by atoms with Crippen molar-refractivity contribution < 1.29 is 23.6 Å². The molecule has 1 atom stereocenters. The summed E-state index contributed by atoms with van der Waals surface area (Å²) in [6.45, 7) is 1.24. The van der Waals surface area contributed by atoms with E-state index >= 15 is 0 Å². The molecule has 29 heavy (non-hydrogen) atoms. The average molecular weight is 404 g/mol. The molecule has 156 valence electrons. The third kappa shape index (κ3) is 4.14. The lowest BCUT2D eigenvalue weighted by molar-refractivity contribution is -0.136. The number of anilines is 1. The normalized spacial score (nSPS) is 18.9. The van der Waals surface area contributed by atoms with Crippen LogP contribution in [0.2, 0.25) is 0 Å². The second-order valence-electron chi connectivity index (χ2n) is 7.42. The van der Waals surface area contributed by atoms with E-state index in [9.17, 15) is 23.6 Å². The van der Waals surface area contributed by atoms with Crippen molar-refractivity contribution in [2.24, 2.45) is 5.73 Å². The monoisotopic (exact) mass is 404 g/mol. The quantitative estimate of drug-likeness (QED) is 0.497. The van der Waals surface area contributed by atoms with Gasteiger partial charge in [-0.2, -0.15) is 0 Å². The number of nitrogens with two attached hydrogens (primary N) is 1. The first-order chi connectivity index (χ1) is 13.8. The minimum absolute atomic E-state index is 0.0380. The molecular weight excluding hydrogens is 379 g/mol. The van der Waals surface area contributed by atoms with Crippen molar-refractivity contribution in [3.05, 3.63) is 29.1 Å². The lowest BCUT2D eigenvalue weighted by Gasteiger charge is -2.27. The number of nitrogens with zero attached hydrogens (tertiary/aromatic N) is 2. The average Bonchev–Trinajstić information content (AvgIpc) is 2.91. The molecule has 1 fully saturated rings. The lowest BCUT2D eigenvalue weighted by atomic mass is 10.0. The van der Waals surface area contributed by atoms with Crippen molar-refractivity contribution in [2.75, 3.05) is 25.0 Å². The third-order valence-electron chi connectivity index (χ3n) is 5.37. The van der Waals surface area contributed by atoms with Crippen LogP contribution in [0.1, 0.15) is 59.2 Å². The Labute approximate surface area is 168 Å². The summed E-state index contributed by atoms with van der Waals surface area (Å²) in [7, 11) is 1.73. The van der Waals surface area contributed by atoms with Gasteiger partial charge in [0.2, 0.25) is 11.8 Å². The van der Waals surface area contributed by atoms with Crippen LogP contribution in [0, 0.1) is 5.82 Å². The van der Waals surface area contributed by atoms with Crippen LogP contribution in [0.5, 0.6) is 0 Å². The molecule has 8 nitrogen and oxygen atoms in total. The van der Waals surface area contributed by atoms with Crippen LogP contribution < -0.4 is 16.0 Å². The van der Waals surface area contributed by atoms with E-state index in [0.29, 0.717) is 13.1 Å². The molecule has 0 saturated carbocycles. The first-order valence-electron chi connectivity index (χ1n) is 9.81. The van der Waals surface area contributed by atoms with Crippen LogP contribution in [-0.4, -0.2) is 54.7 Å². The second kappa shape index (κ2) is 8.69. The van der Waals surface area contributed by atoms with Gasteiger partial charge < -0.3 is 10.6 Å². The number of hydrogen-bond donors (Lipinski definition) is 2. The number of rotatable bonds is 8. The van der Waals surface area contributed by atoms with Gasteiger partial charge in [0.15, 0.2) is 0 Å². The summed E-state index contributed by atoms with van der Waals surface area (Å²) in [5.41, 5.74) is 5.72. The van der Waals surface area contributed by atoms with Crippen molar-refractivity contribution in [3.8, 4) is 0 Å². The van der Waals surface area contributed by atoms with E-state index in [1.54, 1.807) is 11.9 Å². The van der Waals surface area contributed by atoms with Crippen molar-refractivity contribution >= 4 is 29.3 Å². The molecule has 1 aromatic carbocycles. The molecule has 2 aliphatic rings. The maximum Gasteiger partial charge on any atom is 0.262 e. The molecule has 2 aliphatic heterocycles. The Morgan fingerprint density at radius 2 is 1.76 bits per heavy atom. The number of fused-ring (bicyclic) bond motifs is 1. The van der Waals surface area contributed by atoms with Gasteiger partial charge in [-0.1, -0.05) is 12.8 Å². The first kappa shape index (κ1) is 20.9. The van der Waals surface area contributed by atoms with Crippen molar-refractivity contribution in [1.29, 1.82) is 0 Å². The summed E-state index contributed by atoms with van der Waals surface area (Å²) >= 11 is 0. The molecule has 1 aromatic rings. The fourth-order valence-electron chi connectivity index (χ4n) is 3.74. The highest BCUT2D eigenvalue weighted by molar-refractivity contribution is 6.23. The number of unbranched alkanes of at least 4 members (excludes halogenated alkanes) is 3. The zero-order chi connectivity index (χ0) is 21.1. The number of benzene rings is 1. The van der Waals surface area contributed by atoms with Gasteiger partial charge in [0.05, 0.1) is 16.8 Å². The van der Waals surface area contributed by atoms with Gasteiger partial charge in [-0.05, 0) is 37.9 Å². The van der Waals surface area contributed by atoms with Crippen molar-refractivity contribution in [2.45, 2.75) is 44.6 Å². The second-order valence-corrected chi connectivity index (χ2v) is 7.42.